The molecule has 144 valence electrons. The molecule has 0 saturated heterocycles. The molecule has 0 unspecified atom stereocenters. The Hall–Kier alpha value is -3.46. The van der Waals surface area contributed by atoms with Crippen molar-refractivity contribution in [3.8, 4) is 11.5 Å². The number of hydrazine groups is 1. The highest BCUT2D eigenvalue weighted by atomic mass is 32.2. The monoisotopic (exact) mass is 399 g/mol. The molecule has 0 radical (unpaired) electrons. The third-order valence-electron chi connectivity index (χ3n) is 3.77. The molecule has 0 atom stereocenters. The van der Waals surface area contributed by atoms with Crippen molar-refractivity contribution >= 4 is 21.7 Å². The van der Waals surface area contributed by atoms with Gasteiger partial charge >= 0.3 is 0 Å². The van der Waals surface area contributed by atoms with Crippen LogP contribution >= 0.6 is 0 Å². The molecule has 2 amide bonds. The highest BCUT2D eigenvalue weighted by Gasteiger charge is 2.13. The Morgan fingerprint density at radius 1 is 1.00 bits per heavy atom. The van der Waals surface area contributed by atoms with E-state index in [0.29, 0.717) is 11.6 Å². The molecular formula is C19H17N3O5S. The largest absolute Gasteiger partial charge is 0.444 e. The van der Waals surface area contributed by atoms with E-state index < -0.39 is 21.7 Å². The van der Waals surface area contributed by atoms with Crippen molar-refractivity contribution in [1.29, 1.82) is 0 Å². The van der Waals surface area contributed by atoms with Crippen molar-refractivity contribution in [1.82, 2.24) is 15.8 Å². The predicted octanol–water partition coefficient (Wildman–Crippen LogP) is 1.75. The summed E-state index contributed by atoms with van der Waals surface area (Å²) in [5, 5.41) is 0. The Bertz CT molecular complexity index is 1090. The number of hydrogen-bond acceptors (Lipinski definition) is 6. The van der Waals surface area contributed by atoms with Gasteiger partial charge in [0.25, 0.3) is 5.91 Å². The quantitative estimate of drug-likeness (QED) is 0.631. The van der Waals surface area contributed by atoms with E-state index in [2.05, 4.69) is 15.8 Å². The van der Waals surface area contributed by atoms with Crippen LogP contribution < -0.4 is 10.9 Å². The first-order valence-corrected chi connectivity index (χ1v) is 10.1. The van der Waals surface area contributed by atoms with Crippen molar-refractivity contribution in [2.45, 2.75) is 11.3 Å². The molecule has 9 heteroatoms. The molecule has 0 bridgehead atoms. The third kappa shape index (κ3) is 4.83. The van der Waals surface area contributed by atoms with Crippen molar-refractivity contribution in [2.24, 2.45) is 0 Å². The molecule has 0 aliphatic carbocycles. The van der Waals surface area contributed by atoms with Crippen LogP contribution in [0.15, 0.2) is 70.2 Å². The number of amides is 2. The smallest absolute Gasteiger partial charge is 0.269 e. The van der Waals surface area contributed by atoms with E-state index in [1.165, 1.54) is 30.5 Å². The maximum absolute atomic E-state index is 12.0. The summed E-state index contributed by atoms with van der Waals surface area (Å²) < 4.78 is 28.2. The third-order valence-corrected chi connectivity index (χ3v) is 4.90. The van der Waals surface area contributed by atoms with Crippen LogP contribution in [0.5, 0.6) is 0 Å². The summed E-state index contributed by atoms with van der Waals surface area (Å²) in [6.07, 6.45) is 2.38. The van der Waals surface area contributed by atoms with Crippen molar-refractivity contribution in [3.05, 3.63) is 72.1 Å². The van der Waals surface area contributed by atoms with Gasteiger partial charge in [0.2, 0.25) is 11.8 Å². The average molecular weight is 399 g/mol. The van der Waals surface area contributed by atoms with Gasteiger partial charge in [-0.05, 0) is 36.4 Å². The fraction of sp³-hybridized carbons (Fsp3) is 0.105. The zero-order valence-electron chi connectivity index (χ0n) is 14.9. The lowest BCUT2D eigenvalue weighted by atomic mass is 10.2. The van der Waals surface area contributed by atoms with Crippen LogP contribution in [0.3, 0.4) is 0 Å². The topological polar surface area (TPSA) is 118 Å². The van der Waals surface area contributed by atoms with Gasteiger partial charge in [0.15, 0.2) is 9.84 Å². The summed E-state index contributed by atoms with van der Waals surface area (Å²) >= 11 is 0. The molecule has 3 rings (SSSR count). The first-order chi connectivity index (χ1) is 13.3. The second-order valence-corrected chi connectivity index (χ2v) is 8.00. The molecule has 1 aromatic heterocycles. The molecule has 0 fully saturated rings. The fourth-order valence-electron chi connectivity index (χ4n) is 2.36. The van der Waals surface area contributed by atoms with Gasteiger partial charge in [-0.15, -0.1) is 0 Å². The number of sulfone groups is 1. The predicted molar refractivity (Wildman–Crippen MR) is 101 cm³/mol. The van der Waals surface area contributed by atoms with Crippen LogP contribution in [0.4, 0.5) is 0 Å². The Morgan fingerprint density at radius 3 is 2.32 bits per heavy atom. The van der Waals surface area contributed by atoms with E-state index in [4.69, 9.17) is 4.42 Å². The van der Waals surface area contributed by atoms with Gasteiger partial charge in [0.1, 0.15) is 6.26 Å². The molecule has 28 heavy (non-hydrogen) atoms. The average Bonchev–Trinajstić information content (AvgIpc) is 3.14. The Labute approximate surface area is 161 Å². The zero-order valence-corrected chi connectivity index (χ0v) is 15.7. The molecule has 2 N–H and O–H groups in total. The minimum absolute atomic E-state index is 0.0797. The molecule has 2 aromatic carbocycles. The number of rotatable bonds is 5. The SMILES string of the molecule is CS(=O)(=O)c1ccc(C(=O)NNC(=O)Cc2coc(-c3ccccc3)n2)cc1. The summed E-state index contributed by atoms with van der Waals surface area (Å²) in [6, 6.07) is 14.6. The van der Waals surface area contributed by atoms with Gasteiger partial charge in [0.05, 0.1) is 17.0 Å². The van der Waals surface area contributed by atoms with Crippen LogP contribution in [-0.2, 0) is 21.1 Å². The molecule has 8 nitrogen and oxygen atoms in total. The minimum atomic E-state index is -3.34. The van der Waals surface area contributed by atoms with E-state index in [1.54, 1.807) is 0 Å². The van der Waals surface area contributed by atoms with E-state index in [9.17, 15) is 18.0 Å². The lowest BCUT2D eigenvalue weighted by Crippen LogP contribution is -2.42. The van der Waals surface area contributed by atoms with E-state index >= 15 is 0 Å². The van der Waals surface area contributed by atoms with Crippen LogP contribution in [0.1, 0.15) is 16.1 Å². The number of carbonyl (C=O) groups excluding carboxylic acids is 2. The van der Waals surface area contributed by atoms with Crippen LogP contribution in [0.2, 0.25) is 0 Å². The number of carbonyl (C=O) groups is 2. The lowest BCUT2D eigenvalue weighted by Gasteiger charge is -2.07. The Morgan fingerprint density at radius 2 is 1.68 bits per heavy atom. The summed E-state index contributed by atoms with van der Waals surface area (Å²) in [5.74, 6) is -0.647. The molecular weight excluding hydrogens is 382 g/mol. The normalized spacial score (nSPS) is 11.0. The fourth-order valence-corrected chi connectivity index (χ4v) is 2.99. The minimum Gasteiger partial charge on any atom is -0.444 e. The summed E-state index contributed by atoms with van der Waals surface area (Å²) in [7, 11) is -3.34. The molecule has 0 saturated carbocycles. The second kappa shape index (κ2) is 8.05. The van der Waals surface area contributed by atoms with Gasteiger partial charge in [-0.25, -0.2) is 13.4 Å². The number of hydrogen-bond donors (Lipinski definition) is 2. The Balaban J connectivity index is 1.54. The molecule has 0 spiro atoms. The molecule has 3 aromatic rings. The van der Waals surface area contributed by atoms with Crippen LogP contribution in [0.25, 0.3) is 11.5 Å². The number of oxazole rings is 1. The summed E-state index contributed by atoms with van der Waals surface area (Å²) in [4.78, 5) is 28.4. The van der Waals surface area contributed by atoms with Crippen LogP contribution in [0, 0.1) is 0 Å². The van der Waals surface area contributed by atoms with Gasteiger partial charge in [0, 0.05) is 17.4 Å². The van der Waals surface area contributed by atoms with Gasteiger partial charge < -0.3 is 4.42 Å². The van der Waals surface area contributed by atoms with Gasteiger partial charge in [-0.3, -0.25) is 20.4 Å². The number of aromatic nitrogens is 1. The standard InChI is InChI=1S/C19H17N3O5S/c1-28(25,26)16-9-7-13(8-10-16)18(24)22-21-17(23)11-15-12-27-19(20-15)14-5-3-2-4-6-14/h2-10,12H,11H2,1H3,(H,21,23)(H,22,24). The van der Waals surface area contributed by atoms with Gasteiger partial charge in [-0.2, -0.15) is 0 Å². The van der Waals surface area contributed by atoms with Crippen molar-refractivity contribution < 1.29 is 22.4 Å². The number of nitrogens with zero attached hydrogens (tertiary/aromatic N) is 1. The highest BCUT2D eigenvalue weighted by Crippen LogP contribution is 2.18. The summed E-state index contributed by atoms with van der Waals surface area (Å²) in [6.45, 7) is 0. The first-order valence-electron chi connectivity index (χ1n) is 8.22. The Kier molecular flexibility index (Phi) is 5.55. The van der Waals surface area contributed by atoms with E-state index in [0.717, 1.165) is 11.8 Å². The van der Waals surface area contributed by atoms with Crippen molar-refractivity contribution in [3.63, 3.8) is 0 Å². The maximum atomic E-state index is 12.0. The molecule has 1 heterocycles. The second-order valence-electron chi connectivity index (χ2n) is 5.99. The van der Waals surface area contributed by atoms with E-state index in [1.807, 2.05) is 30.3 Å². The highest BCUT2D eigenvalue weighted by molar-refractivity contribution is 7.90. The van der Waals surface area contributed by atoms with Crippen molar-refractivity contribution in [2.75, 3.05) is 6.26 Å². The van der Waals surface area contributed by atoms with Gasteiger partial charge in [-0.1, -0.05) is 18.2 Å². The van der Waals surface area contributed by atoms with Crippen LogP contribution in [-0.4, -0.2) is 31.5 Å². The molecule has 0 aliphatic heterocycles. The summed E-state index contributed by atoms with van der Waals surface area (Å²) in [5.41, 5.74) is 5.97. The lowest BCUT2D eigenvalue weighted by molar-refractivity contribution is -0.121. The molecule has 0 aliphatic rings. The van der Waals surface area contributed by atoms with E-state index in [-0.39, 0.29) is 16.9 Å². The number of benzene rings is 2. The maximum Gasteiger partial charge on any atom is 0.269 e. The first kappa shape index (κ1) is 19.3. The zero-order chi connectivity index (χ0) is 20.1. The number of nitrogens with one attached hydrogen (secondary N) is 2.